The third kappa shape index (κ3) is 2.37. The molecular formula is C11H14BrN5. The minimum absolute atomic E-state index is 0.0718. The molecule has 0 aliphatic carbocycles. The van der Waals surface area contributed by atoms with Crippen molar-refractivity contribution < 1.29 is 0 Å². The van der Waals surface area contributed by atoms with Crippen LogP contribution < -0.4 is 5.32 Å². The fourth-order valence-corrected chi connectivity index (χ4v) is 2.26. The molecule has 2 rings (SSSR count). The number of aromatic nitrogens is 4. The van der Waals surface area contributed by atoms with Crippen LogP contribution in [0.15, 0.2) is 23.1 Å². The molecule has 0 saturated carbocycles. The van der Waals surface area contributed by atoms with E-state index in [0.29, 0.717) is 0 Å². The van der Waals surface area contributed by atoms with E-state index in [1.165, 1.54) is 0 Å². The summed E-state index contributed by atoms with van der Waals surface area (Å²) in [6, 6.07) is -0.0718. The highest BCUT2D eigenvalue weighted by molar-refractivity contribution is 9.10. The first-order valence-electron chi connectivity index (χ1n) is 5.26. The standard InChI is InChI=1S/C11H14BrN5/c1-7-4-14-11(15-5-7)9(13-2)10-8(12)6-16-17(10)3/h4-6,9,13H,1-3H3. The van der Waals surface area contributed by atoms with Crippen LogP contribution in [0.1, 0.15) is 23.1 Å². The van der Waals surface area contributed by atoms with Crippen LogP contribution in [0.4, 0.5) is 0 Å². The number of hydrogen-bond acceptors (Lipinski definition) is 4. The Morgan fingerprint density at radius 3 is 2.41 bits per heavy atom. The minimum Gasteiger partial charge on any atom is -0.305 e. The van der Waals surface area contributed by atoms with Crippen molar-refractivity contribution in [2.75, 3.05) is 7.05 Å². The molecule has 0 aromatic carbocycles. The van der Waals surface area contributed by atoms with Gasteiger partial charge in [-0.15, -0.1) is 0 Å². The lowest BCUT2D eigenvalue weighted by Gasteiger charge is -2.15. The van der Waals surface area contributed by atoms with Gasteiger partial charge >= 0.3 is 0 Å². The zero-order valence-corrected chi connectivity index (χ0v) is 11.6. The van der Waals surface area contributed by atoms with Crippen LogP contribution in [0.5, 0.6) is 0 Å². The van der Waals surface area contributed by atoms with Crippen LogP contribution in [-0.2, 0) is 7.05 Å². The molecule has 6 heteroatoms. The van der Waals surface area contributed by atoms with Crippen LogP contribution in [0, 0.1) is 6.92 Å². The molecule has 2 aromatic rings. The van der Waals surface area contributed by atoms with Gasteiger partial charge in [-0.3, -0.25) is 4.68 Å². The number of hydrogen-bond donors (Lipinski definition) is 1. The highest BCUT2D eigenvalue weighted by Crippen LogP contribution is 2.25. The Balaban J connectivity index is 2.43. The summed E-state index contributed by atoms with van der Waals surface area (Å²) in [6.45, 7) is 1.97. The number of nitrogens with zero attached hydrogens (tertiary/aromatic N) is 4. The van der Waals surface area contributed by atoms with Crippen molar-refractivity contribution in [2.45, 2.75) is 13.0 Å². The predicted octanol–water partition coefficient (Wildman–Crippen LogP) is 1.59. The van der Waals surface area contributed by atoms with Gasteiger partial charge < -0.3 is 5.32 Å². The van der Waals surface area contributed by atoms with Crippen LogP contribution in [0.2, 0.25) is 0 Å². The molecule has 0 spiro atoms. The summed E-state index contributed by atoms with van der Waals surface area (Å²) in [5, 5.41) is 7.41. The topological polar surface area (TPSA) is 55.6 Å². The lowest BCUT2D eigenvalue weighted by atomic mass is 10.2. The van der Waals surface area contributed by atoms with Gasteiger partial charge in [0.05, 0.1) is 16.4 Å². The summed E-state index contributed by atoms with van der Waals surface area (Å²) in [5.74, 6) is 0.738. The summed E-state index contributed by atoms with van der Waals surface area (Å²) in [4.78, 5) is 8.70. The van der Waals surface area contributed by atoms with Crippen LogP contribution in [0.25, 0.3) is 0 Å². The average molecular weight is 296 g/mol. The van der Waals surface area contributed by atoms with Crippen molar-refractivity contribution in [3.05, 3.63) is 40.1 Å². The maximum absolute atomic E-state index is 4.35. The molecule has 2 aromatic heterocycles. The Morgan fingerprint density at radius 2 is 1.94 bits per heavy atom. The number of halogens is 1. The second-order valence-corrected chi connectivity index (χ2v) is 4.70. The highest BCUT2D eigenvalue weighted by Gasteiger charge is 2.21. The molecular weight excluding hydrogens is 282 g/mol. The van der Waals surface area contributed by atoms with Crippen LogP contribution >= 0.6 is 15.9 Å². The van der Waals surface area contributed by atoms with Crippen molar-refractivity contribution in [1.82, 2.24) is 25.1 Å². The molecule has 1 atom stereocenters. The molecule has 1 N–H and O–H groups in total. The van der Waals surface area contributed by atoms with Crippen molar-refractivity contribution in [2.24, 2.45) is 7.05 Å². The fourth-order valence-electron chi connectivity index (χ4n) is 1.68. The largest absolute Gasteiger partial charge is 0.305 e. The van der Waals surface area contributed by atoms with Gasteiger partial charge in [0.1, 0.15) is 6.04 Å². The SMILES string of the molecule is CNC(c1ncc(C)cn1)c1c(Br)cnn1C. The van der Waals surface area contributed by atoms with Gasteiger partial charge in [-0.2, -0.15) is 5.10 Å². The number of nitrogens with one attached hydrogen (secondary N) is 1. The smallest absolute Gasteiger partial charge is 0.151 e. The molecule has 2 heterocycles. The van der Waals surface area contributed by atoms with Gasteiger partial charge in [0.2, 0.25) is 0 Å². The quantitative estimate of drug-likeness (QED) is 0.934. The maximum atomic E-state index is 4.35. The Kier molecular flexibility index (Phi) is 3.54. The van der Waals surface area contributed by atoms with Gasteiger partial charge in [-0.25, -0.2) is 9.97 Å². The molecule has 0 radical (unpaired) electrons. The Bertz CT molecular complexity index is 486. The minimum atomic E-state index is -0.0718. The third-order valence-electron chi connectivity index (χ3n) is 2.56. The normalized spacial score (nSPS) is 12.7. The molecule has 1 unspecified atom stereocenters. The van der Waals surface area contributed by atoms with Gasteiger partial charge in [0.25, 0.3) is 0 Å². The van der Waals surface area contributed by atoms with Crippen LogP contribution in [0.3, 0.4) is 0 Å². The van der Waals surface area contributed by atoms with E-state index in [0.717, 1.165) is 21.6 Å². The first-order chi connectivity index (χ1) is 8.13. The molecule has 0 saturated heterocycles. The Labute approximate surface area is 108 Å². The molecule has 0 bridgehead atoms. The number of rotatable bonds is 3. The maximum Gasteiger partial charge on any atom is 0.151 e. The van der Waals surface area contributed by atoms with Crippen LogP contribution in [-0.4, -0.2) is 26.8 Å². The first-order valence-corrected chi connectivity index (χ1v) is 6.06. The van der Waals surface area contributed by atoms with Crippen molar-refractivity contribution in [3.8, 4) is 0 Å². The van der Waals surface area contributed by atoms with E-state index in [1.807, 2.05) is 38.1 Å². The predicted molar refractivity (Wildman–Crippen MR) is 68.6 cm³/mol. The summed E-state index contributed by atoms with van der Waals surface area (Å²) >= 11 is 3.49. The first kappa shape index (κ1) is 12.2. The molecule has 0 aliphatic heterocycles. The van der Waals surface area contributed by atoms with E-state index in [1.54, 1.807) is 6.20 Å². The molecule has 5 nitrogen and oxygen atoms in total. The van der Waals surface area contributed by atoms with E-state index in [2.05, 4.69) is 36.3 Å². The van der Waals surface area contributed by atoms with Crippen molar-refractivity contribution in [3.63, 3.8) is 0 Å². The second-order valence-electron chi connectivity index (χ2n) is 3.84. The lowest BCUT2D eigenvalue weighted by Crippen LogP contribution is -2.23. The van der Waals surface area contributed by atoms with E-state index in [4.69, 9.17) is 0 Å². The average Bonchev–Trinajstić information content (AvgIpc) is 2.64. The third-order valence-corrected chi connectivity index (χ3v) is 3.17. The Hall–Kier alpha value is -1.27. The monoisotopic (exact) mass is 295 g/mol. The summed E-state index contributed by atoms with van der Waals surface area (Å²) in [6.07, 6.45) is 5.40. The molecule has 0 aliphatic rings. The molecule has 17 heavy (non-hydrogen) atoms. The number of aryl methyl sites for hydroxylation is 2. The van der Waals surface area contributed by atoms with Gasteiger partial charge in [-0.05, 0) is 35.5 Å². The highest BCUT2D eigenvalue weighted by atomic mass is 79.9. The Morgan fingerprint density at radius 1 is 1.29 bits per heavy atom. The van der Waals surface area contributed by atoms with E-state index in [9.17, 15) is 0 Å². The molecule has 0 fully saturated rings. The lowest BCUT2D eigenvalue weighted by molar-refractivity contribution is 0.577. The fraction of sp³-hybridized carbons (Fsp3) is 0.364. The molecule has 90 valence electrons. The zero-order valence-electron chi connectivity index (χ0n) is 9.98. The summed E-state index contributed by atoms with van der Waals surface area (Å²) in [5.41, 5.74) is 2.06. The van der Waals surface area contributed by atoms with Gasteiger partial charge in [0, 0.05) is 19.4 Å². The van der Waals surface area contributed by atoms with E-state index < -0.39 is 0 Å². The summed E-state index contributed by atoms with van der Waals surface area (Å²) < 4.78 is 2.76. The van der Waals surface area contributed by atoms with Gasteiger partial charge in [-0.1, -0.05) is 0 Å². The van der Waals surface area contributed by atoms with Crippen molar-refractivity contribution in [1.29, 1.82) is 0 Å². The zero-order chi connectivity index (χ0) is 12.4. The molecule has 0 amide bonds. The second kappa shape index (κ2) is 4.93. The van der Waals surface area contributed by atoms with E-state index >= 15 is 0 Å². The van der Waals surface area contributed by atoms with E-state index in [-0.39, 0.29) is 6.04 Å². The van der Waals surface area contributed by atoms with Crippen molar-refractivity contribution >= 4 is 15.9 Å². The summed E-state index contributed by atoms with van der Waals surface area (Å²) in [7, 11) is 3.78. The van der Waals surface area contributed by atoms with Gasteiger partial charge in [0.15, 0.2) is 5.82 Å².